The van der Waals surface area contributed by atoms with E-state index >= 15 is 0 Å². The molecule has 0 atom stereocenters. The number of aliphatic hydroxyl groups excluding tert-OH is 1. The van der Waals surface area contributed by atoms with Crippen LogP contribution in [0, 0.1) is 0 Å². The van der Waals surface area contributed by atoms with Crippen molar-refractivity contribution in [3.05, 3.63) is 0 Å². The molecule has 1 N–H and O–H groups in total. The number of amides is 1. The van der Waals surface area contributed by atoms with E-state index in [1.807, 2.05) is 14.1 Å². The number of ether oxygens (including phenoxy) is 1. The van der Waals surface area contributed by atoms with Crippen LogP contribution in [0.1, 0.15) is 84.0 Å². The van der Waals surface area contributed by atoms with E-state index in [2.05, 4.69) is 6.92 Å². The van der Waals surface area contributed by atoms with Gasteiger partial charge < -0.3 is 19.2 Å². The maximum atomic E-state index is 12.2. The molecule has 0 saturated heterocycles. The molecule has 0 aromatic carbocycles. The van der Waals surface area contributed by atoms with Crippen LogP contribution in [0.3, 0.4) is 0 Å². The summed E-state index contributed by atoms with van der Waals surface area (Å²) in [5.41, 5.74) is 0. The smallest absolute Gasteiger partial charge is 0.305 e. The average molecular weight is 416 g/mol. The third kappa shape index (κ3) is 17.4. The Labute approximate surface area is 179 Å². The Balaban J connectivity index is 3.59. The lowest BCUT2D eigenvalue weighted by atomic mass is 10.1. The van der Waals surface area contributed by atoms with E-state index in [0.29, 0.717) is 30.5 Å². The summed E-state index contributed by atoms with van der Waals surface area (Å²) in [4.78, 5) is 25.6. The van der Waals surface area contributed by atoms with Gasteiger partial charge in [-0.25, -0.2) is 0 Å². The first-order valence-corrected chi connectivity index (χ1v) is 11.6. The van der Waals surface area contributed by atoms with Crippen molar-refractivity contribution >= 4 is 11.9 Å². The molecule has 6 heteroatoms. The minimum atomic E-state index is -0.168. The predicted octanol–water partition coefficient (Wildman–Crippen LogP) is 3.76. The zero-order chi connectivity index (χ0) is 22.0. The van der Waals surface area contributed by atoms with Gasteiger partial charge in [-0.1, -0.05) is 71.1 Å². The number of hydrogen-bond donors (Lipinski definition) is 1. The van der Waals surface area contributed by atoms with Gasteiger partial charge in [0.05, 0.1) is 27.2 Å². The highest BCUT2D eigenvalue weighted by Crippen LogP contribution is 2.12. The highest BCUT2D eigenvalue weighted by Gasteiger charge is 2.22. The lowest BCUT2D eigenvalue weighted by Gasteiger charge is -2.30. The fourth-order valence-corrected chi connectivity index (χ4v) is 3.26. The minimum Gasteiger partial charge on any atom is -0.464 e. The van der Waals surface area contributed by atoms with Gasteiger partial charge in [0.2, 0.25) is 0 Å². The van der Waals surface area contributed by atoms with E-state index in [4.69, 9.17) is 9.84 Å². The van der Waals surface area contributed by atoms with Crippen molar-refractivity contribution in [3.8, 4) is 0 Å². The molecule has 0 heterocycles. The van der Waals surface area contributed by atoms with Crippen LogP contribution < -0.4 is 0 Å². The molecule has 0 aliphatic heterocycles. The summed E-state index contributed by atoms with van der Waals surface area (Å²) in [6.45, 7) is 3.81. The van der Waals surface area contributed by atoms with E-state index < -0.39 is 0 Å². The summed E-state index contributed by atoms with van der Waals surface area (Å²) in [6.07, 6.45) is 14.3. The summed E-state index contributed by atoms with van der Waals surface area (Å²) >= 11 is 0. The van der Waals surface area contributed by atoms with Crippen LogP contribution in [0.5, 0.6) is 0 Å². The lowest BCUT2D eigenvalue weighted by molar-refractivity contribution is -0.883. The second kappa shape index (κ2) is 17.7. The quantitative estimate of drug-likeness (QED) is 0.198. The molecule has 29 heavy (non-hydrogen) atoms. The molecule has 0 aliphatic carbocycles. The van der Waals surface area contributed by atoms with Crippen molar-refractivity contribution in [2.24, 2.45) is 0 Å². The average Bonchev–Trinajstić information content (AvgIpc) is 2.65. The summed E-state index contributed by atoms with van der Waals surface area (Å²) in [5.74, 6) is -0.178. The Hall–Kier alpha value is -1.14. The highest BCUT2D eigenvalue weighted by molar-refractivity contribution is 5.77. The number of esters is 1. The van der Waals surface area contributed by atoms with Gasteiger partial charge in [0.1, 0.15) is 13.2 Å². The summed E-state index contributed by atoms with van der Waals surface area (Å²) < 4.78 is 5.70. The normalized spacial score (nSPS) is 11.5. The first-order chi connectivity index (χ1) is 13.8. The number of carbonyl (C=O) groups excluding carboxylic acids is 2. The number of quaternary nitrogens is 1. The Morgan fingerprint density at radius 3 is 1.93 bits per heavy atom. The zero-order valence-electron chi connectivity index (χ0n) is 19.6. The number of nitrogens with zero attached hydrogens (tertiary/aromatic N) is 2. The molecule has 0 rings (SSSR count). The SMILES string of the molecule is CCCCCCCCCCCCCC(=O)OCCN(C)C(=O)C[N+](C)(C)CCO. The molecular formula is C23H47N2O4+. The lowest BCUT2D eigenvalue weighted by Crippen LogP contribution is -2.49. The summed E-state index contributed by atoms with van der Waals surface area (Å²) in [7, 11) is 5.55. The van der Waals surface area contributed by atoms with Gasteiger partial charge in [-0.3, -0.25) is 9.59 Å². The van der Waals surface area contributed by atoms with Crippen LogP contribution in [-0.4, -0.2) is 80.4 Å². The Kier molecular flexibility index (Phi) is 17.0. The van der Waals surface area contributed by atoms with Gasteiger partial charge >= 0.3 is 5.97 Å². The molecule has 0 bridgehead atoms. The van der Waals surface area contributed by atoms with Crippen molar-refractivity contribution in [1.82, 2.24) is 4.90 Å². The molecule has 0 saturated carbocycles. The van der Waals surface area contributed by atoms with E-state index in [1.165, 1.54) is 57.8 Å². The molecule has 0 aromatic rings. The molecular weight excluding hydrogens is 368 g/mol. The number of likely N-dealkylation sites (N-methyl/N-ethyl adjacent to an activating group) is 2. The molecule has 172 valence electrons. The molecule has 6 nitrogen and oxygen atoms in total. The van der Waals surface area contributed by atoms with Crippen molar-refractivity contribution in [3.63, 3.8) is 0 Å². The standard InChI is InChI=1S/C23H47N2O4/c1-5-6-7-8-9-10-11-12-13-14-15-16-23(28)29-20-17-24(2)22(27)21-25(3,4)18-19-26/h26H,5-21H2,1-4H3/q+1. The van der Waals surface area contributed by atoms with Gasteiger partial charge in [0.25, 0.3) is 5.91 Å². The van der Waals surface area contributed by atoms with Crippen LogP contribution in [0.25, 0.3) is 0 Å². The number of hydrogen-bond acceptors (Lipinski definition) is 4. The second-order valence-electron chi connectivity index (χ2n) is 8.86. The Morgan fingerprint density at radius 2 is 1.41 bits per heavy atom. The van der Waals surface area contributed by atoms with Crippen molar-refractivity contribution in [1.29, 1.82) is 0 Å². The number of rotatable bonds is 19. The van der Waals surface area contributed by atoms with E-state index in [-0.39, 0.29) is 25.1 Å². The number of aliphatic hydroxyl groups is 1. The fourth-order valence-electron chi connectivity index (χ4n) is 3.26. The monoisotopic (exact) mass is 415 g/mol. The molecule has 0 fully saturated rings. The van der Waals surface area contributed by atoms with Gasteiger partial charge in [-0.05, 0) is 6.42 Å². The topological polar surface area (TPSA) is 66.8 Å². The summed E-state index contributed by atoms with van der Waals surface area (Å²) in [6, 6.07) is 0. The van der Waals surface area contributed by atoms with Crippen molar-refractivity contribution in [2.75, 3.05) is 54.0 Å². The first-order valence-electron chi connectivity index (χ1n) is 11.6. The zero-order valence-corrected chi connectivity index (χ0v) is 19.6. The van der Waals surface area contributed by atoms with Gasteiger partial charge in [-0.2, -0.15) is 0 Å². The fraction of sp³-hybridized carbons (Fsp3) is 0.913. The minimum absolute atomic E-state index is 0.00939. The Bertz CT molecular complexity index is 427. The van der Waals surface area contributed by atoms with Gasteiger partial charge in [-0.15, -0.1) is 0 Å². The molecule has 0 radical (unpaired) electrons. The van der Waals surface area contributed by atoms with E-state index in [1.54, 1.807) is 11.9 Å². The van der Waals surface area contributed by atoms with Crippen LogP contribution in [-0.2, 0) is 14.3 Å². The second-order valence-corrected chi connectivity index (χ2v) is 8.86. The maximum Gasteiger partial charge on any atom is 0.305 e. The largest absolute Gasteiger partial charge is 0.464 e. The van der Waals surface area contributed by atoms with E-state index in [9.17, 15) is 9.59 Å². The van der Waals surface area contributed by atoms with Crippen LogP contribution in [0.2, 0.25) is 0 Å². The van der Waals surface area contributed by atoms with Crippen LogP contribution in [0.15, 0.2) is 0 Å². The van der Waals surface area contributed by atoms with Crippen molar-refractivity contribution < 1.29 is 23.9 Å². The van der Waals surface area contributed by atoms with Crippen LogP contribution in [0.4, 0.5) is 0 Å². The maximum absolute atomic E-state index is 12.2. The third-order valence-corrected chi connectivity index (χ3v) is 5.37. The predicted molar refractivity (Wildman–Crippen MR) is 119 cm³/mol. The summed E-state index contributed by atoms with van der Waals surface area (Å²) in [5, 5.41) is 9.04. The van der Waals surface area contributed by atoms with E-state index in [0.717, 1.165) is 12.8 Å². The van der Waals surface area contributed by atoms with Gasteiger partial charge in [0, 0.05) is 13.5 Å². The molecule has 1 amide bonds. The molecule has 0 unspecified atom stereocenters. The third-order valence-electron chi connectivity index (χ3n) is 5.37. The first kappa shape index (κ1) is 27.9. The molecule has 0 aliphatic rings. The number of unbranched alkanes of at least 4 members (excludes halogenated alkanes) is 10. The number of carbonyl (C=O) groups is 2. The molecule has 0 spiro atoms. The molecule has 0 aromatic heterocycles. The van der Waals surface area contributed by atoms with Gasteiger partial charge in [0.15, 0.2) is 6.54 Å². The Morgan fingerprint density at radius 1 is 0.897 bits per heavy atom. The highest BCUT2D eigenvalue weighted by atomic mass is 16.5. The van der Waals surface area contributed by atoms with Crippen LogP contribution >= 0.6 is 0 Å². The van der Waals surface area contributed by atoms with Crippen molar-refractivity contribution in [2.45, 2.75) is 84.0 Å².